The number of unbranched alkanes of at least 4 members (excludes halogenated alkanes) is 2. The van der Waals surface area contributed by atoms with E-state index in [0.29, 0.717) is 49.2 Å². The maximum absolute atomic E-state index is 12.3. The lowest BCUT2D eigenvalue weighted by Crippen LogP contribution is -2.08. The van der Waals surface area contributed by atoms with Gasteiger partial charge in [-0.05, 0) is 51.3 Å². The number of hydrogen-bond donors (Lipinski definition) is 1. The Labute approximate surface area is 175 Å². The summed E-state index contributed by atoms with van der Waals surface area (Å²) in [6.45, 7) is 5.72. The van der Waals surface area contributed by atoms with Crippen LogP contribution in [0.5, 0.6) is 11.5 Å². The highest BCUT2D eigenvalue weighted by Crippen LogP contribution is 2.24. The van der Waals surface area contributed by atoms with E-state index in [9.17, 15) is 14.9 Å². The van der Waals surface area contributed by atoms with Gasteiger partial charge in [-0.15, -0.1) is 0 Å². The van der Waals surface area contributed by atoms with Gasteiger partial charge in [-0.1, -0.05) is 0 Å². The molecule has 0 radical (unpaired) electrons. The Kier molecular flexibility index (Phi) is 9.36. The molecule has 9 nitrogen and oxygen atoms in total. The summed E-state index contributed by atoms with van der Waals surface area (Å²) < 4.78 is 16.3. The third kappa shape index (κ3) is 7.57. The second-order valence-electron chi connectivity index (χ2n) is 6.34. The SMILES string of the molecule is CCOc1cc(OCC)cc(C(=O)OCCCCCNc2ccc([N+](=O)[O-])cn2)c1. The van der Waals surface area contributed by atoms with Crippen LogP contribution in [0.2, 0.25) is 0 Å². The number of hydrogen-bond acceptors (Lipinski definition) is 8. The first-order valence-corrected chi connectivity index (χ1v) is 9.95. The van der Waals surface area contributed by atoms with Crippen LogP contribution in [0.4, 0.5) is 11.5 Å². The van der Waals surface area contributed by atoms with E-state index in [1.54, 1.807) is 24.3 Å². The van der Waals surface area contributed by atoms with Gasteiger partial charge < -0.3 is 19.5 Å². The van der Waals surface area contributed by atoms with Crippen LogP contribution in [0, 0.1) is 10.1 Å². The van der Waals surface area contributed by atoms with E-state index in [-0.39, 0.29) is 5.69 Å². The molecular weight excluding hydrogens is 390 g/mol. The Bertz CT molecular complexity index is 802. The predicted octanol–water partition coefficient (Wildman–Crippen LogP) is 4.23. The lowest BCUT2D eigenvalue weighted by Gasteiger charge is -2.11. The molecule has 0 aliphatic carbocycles. The van der Waals surface area contributed by atoms with Crippen LogP contribution in [0.15, 0.2) is 36.5 Å². The van der Waals surface area contributed by atoms with Gasteiger partial charge >= 0.3 is 5.97 Å². The number of benzene rings is 1. The van der Waals surface area contributed by atoms with Crippen molar-refractivity contribution in [1.29, 1.82) is 0 Å². The summed E-state index contributed by atoms with van der Waals surface area (Å²) in [6, 6.07) is 8.03. The number of rotatable bonds is 13. The van der Waals surface area contributed by atoms with E-state index < -0.39 is 10.9 Å². The average molecular weight is 417 g/mol. The fourth-order valence-corrected chi connectivity index (χ4v) is 2.66. The van der Waals surface area contributed by atoms with Gasteiger partial charge in [0.05, 0.1) is 30.3 Å². The maximum atomic E-state index is 12.3. The number of nitrogens with zero attached hydrogens (tertiary/aromatic N) is 2. The van der Waals surface area contributed by atoms with Crippen LogP contribution in [0.1, 0.15) is 43.5 Å². The second-order valence-corrected chi connectivity index (χ2v) is 6.34. The first-order valence-electron chi connectivity index (χ1n) is 9.95. The monoisotopic (exact) mass is 417 g/mol. The number of carbonyl (C=O) groups excluding carboxylic acids is 1. The normalized spacial score (nSPS) is 10.3. The molecule has 0 spiro atoms. The standard InChI is InChI=1S/C21H27N3O6/c1-3-28-18-12-16(13-19(14-18)29-4-2)21(25)30-11-7-5-6-10-22-20-9-8-17(15-23-20)24(26)27/h8-9,12-15H,3-7,10-11H2,1-2H3,(H,22,23). The van der Waals surface area contributed by atoms with E-state index in [1.807, 2.05) is 13.8 Å². The van der Waals surface area contributed by atoms with E-state index in [2.05, 4.69) is 10.3 Å². The van der Waals surface area contributed by atoms with Crippen molar-refractivity contribution >= 4 is 17.5 Å². The van der Waals surface area contributed by atoms with Crippen LogP contribution < -0.4 is 14.8 Å². The summed E-state index contributed by atoms with van der Waals surface area (Å²) in [5, 5.41) is 13.7. The fraction of sp³-hybridized carbons (Fsp3) is 0.429. The molecule has 0 aliphatic rings. The highest BCUT2D eigenvalue weighted by atomic mass is 16.6. The zero-order chi connectivity index (χ0) is 21.8. The first-order chi connectivity index (χ1) is 14.5. The van der Waals surface area contributed by atoms with Crippen molar-refractivity contribution in [2.24, 2.45) is 0 Å². The van der Waals surface area contributed by atoms with Gasteiger partial charge in [0, 0.05) is 18.7 Å². The Morgan fingerprint density at radius 2 is 1.77 bits per heavy atom. The molecule has 1 aromatic carbocycles. The molecule has 0 saturated carbocycles. The summed E-state index contributed by atoms with van der Waals surface area (Å²) >= 11 is 0. The van der Waals surface area contributed by atoms with Crippen LogP contribution in [-0.4, -0.2) is 42.2 Å². The molecule has 0 atom stereocenters. The number of esters is 1. The third-order valence-corrected chi connectivity index (χ3v) is 4.06. The van der Waals surface area contributed by atoms with Crippen molar-refractivity contribution in [2.45, 2.75) is 33.1 Å². The number of nitro groups is 1. The molecule has 0 unspecified atom stereocenters. The second kappa shape index (κ2) is 12.3. The topological polar surface area (TPSA) is 113 Å². The molecular formula is C21H27N3O6. The number of nitrogens with one attached hydrogen (secondary N) is 1. The quantitative estimate of drug-likeness (QED) is 0.223. The molecule has 1 N–H and O–H groups in total. The molecule has 2 rings (SSSR count). The molecule has 162 valence electrons. The molecule has 0 aliphatic heterocycles. The van der Waals surface area contributed by atoms with Gasteiger partial charge in [0.15, 0.2) is 0 Å². The molecule has 1 aromatic heterocycles. The van der Waals surface area contributed by atoms with E-state index in [1.165, 1.54) is 12.3 Å². The molecule has 2 aromatic rings. The number of anilines is 1. The van der Waals surface area contributed by atoms with Crippen LogP contribution in [0.3, 0.4) is 0 Å². The highest BCUT2D eigenvalue weighted by Gasteiger charge is 2.12. The highest BCUT2D eigenvalue weighted by molar-refractivity contribution is 5.90. The van der Waals surface area contributed by atoms with E-state index >= 15 is 0 Å². The minimum absolute atomic E-state index is 0.0393. The van der Waals surface area contributed by atoms with Gasteiger partial charge in [-0.2, -0.15) is 0 Å². The van der Waals surface area contributed by atoms with Gasteiger partial charge in [0.1, 0.15) is 23.5 Å². The number of aromatic nitrogens is 1. The van der Waals surface area contributed by atoms with Crippen LogP contribution in [0.25, 0.3) is 0 Å². The molecule has 9 heteroatoms. The minimum Gasteiger partial charge on any atom is -0.494 e. The lowest BCUT2D eigenvalue weighted by molar-refractivity contribution is -0.385. The first kappa shape index (κ1) is 22.9. The third-order valence-electron chi connectivity index (χ3n) is 4.06. The van der Waals surface area contributed by atoms with Crippen molar-refractivity contribution in [3.05, 3.63) is 52.2 Å². The number of pyridine rings is 1. The van der Waals surface area contributed by atoms with Crippen LogP contribution >= 0.6 is 0 Å². The van der Waals surface area contributed by atoms with Crippen molar-refractivity contribution in [1.82, 2.24) is 4.98 Å². The summed E-state index contributed by atoms with van der Waals surface area (Å²) in [7, 11) is 0. The molecule has 1 heterocycles. The van der Waals surface area contributed by atoms with E-state index in [0.717, 1.165) is 19.3 Å². The Morgan fingerprint density at radius 1 is 1.07 bits per heavy atom. The largest absolute Gasteiger partial charge is 0.494 e. The Balaban J connectivity index is 1.68. The van der Waals surface area contributed by atoms with E-state index in [4.69, 9.17) is 14.2 Å². The summed E-state index contributed by atoms with van der Waals surface area (Å²) in [5.74, 6) is 1.32. The predicted molar refractivity (Wildman–Crippen MR) is 112 cm³/mol. The smallest absolute Gasteiger partial charge is 0.338 e. The van der Waals surface area contributed by atoms with Gasteiger partial charge in [-0.25, -0.2) is 9.78 Å². The lowest BCUT2D eigenvalue weighted by atomic mass is 10.2. The minimum atomic E-state index is -0.483. The van der Waals surface area contributed by atoms with Gasteiger partial charge in [0.2, 0.25) is 0 Å². The van der Waals surface area contributed by atoms with Crippen molar-refractivity contribution in [2.75, 3.05) is 31.7 Å². The maximum Gasteiger partial charge on any atom is 0.338 e. The molecule has 0 saturated heterocycles. The molecule has 30 heavy (non-hydrogen) atoms. The van der Waals surface area contributed by atoms with Crippen LogP contribution in [-0.2, 0) is 4.74 Å². The molecule has 0 bridgehead atoms. The Hall–Kier alpha value is -3.36. The summed E-state index contributed by atoms with van der Waals surface area (Å²) in [5.41, 5.74) is 0.359. The zero-order valence-electron chi connectivity index (χ0n) is 17.3. The number of carbonyl (C=O) groups is 1. The van der Waals surface area contributed by atoms with Gasteiger partial charge in [-0.3, -0.25) is 10.1 Å². The van der Waals surface area contributed by atoms with Gasteiger partial charge in [0.25, 0.3) is 5.69 Å². The van der Waals surface area contributed by atoms with Crippen molar-refractivity contribution in [3.63, 3.8) is 0 Å². The van der Waals surface area contributed by atoms with Crippen molar-refractivity contribution in [3.8, 4) is 11.5 Å². The number of ether oxygens (including phenoxy) is 3. The summed E-state index contributed by atoms with van der Waals surface area (Å²) in [6.07, 6.45) is 3.66. The fourth-order valence-electron chi connectivity index (χ4n) is 2.66. The average Bonchev–Trinajstić information content (AvgIpc) is 2.73. The zero-order valence-corrected chi connectivity index (χ0v) is 17.3. The molecule has 0 fully saturated rings. The Morgan fingerprint density at radius 3 is 2.33 bits per heavy atom. The van der Waals surface area contributed by atoms with Crippen molar-refractivity contribution < 1.29 is 23.9 Å². The summed E-state index contributed by atoms with van der Waals surface area (Å²) in [4.78, 5) is 26.4. The molecule has 0 amide bonds.